The summed E-state index contributed by atoms with van der Waals surface area (Å²) in [6.07, 6.45) is 4.99. The molecule has 2 aromatic heterocycles. The first-order valence-electron chi connectivity index (χ1n) is 11.0. The number of amides is 1. The molecule has 2 aliphatic rings. The maximum atomic E-state index is 14.6. The van der Waals surface area contributed by atoms with Crippen LogP contribution in [-0.4, -0.2) is 38.7 Å². The van der Waals surface area contributed by atoms with Crippen LogP contribution in [0.1, 0.15) is 67.2 Å². The maximum absolute atomic E-state index is 14.6. The number of fused-ring (bicyclic) bond motifs is 1. The molecule has 5 rings (SSSR count). The minimum atomic E-state index is -0.342. The van der Waals surface area contributed by atoms with Crippen LogP contribution in [0.25, 0.3) is 16.7 Å². The molecule has 1 saturated heterocycles. The number of halogens is 1. The fourth-order valence-electron chi connectivity index (χ4n) is 4.52. The highest BCUT2D eigenvalue weighted by atomic mass is 19.1. The van der Waals surface area contributed by atoms with Gasteiger partial charge in [0.1, 0.15) is 11.5 Å². The van der Waals surface area contributed by atoms with Crippen LogP contribution in [-0.2, 0) is 6.42 Å². The van der Waals surface area contributed by atoms with Gasteiger partial charge in [-0.05, 0) is 56.2 Å². The van der Waals surface area contributed by atoms with Crippen molar-refractivity contribution in [2.45, 2.75) is 51.9 Å². The van der Waals surface area contributed by atoms with Gasteiger partial charge in [-0.2, -0.15) is 5.10 Å². The summed E-state index contributed by atoms with van der Waals surface area (Å²) < 4.78 is 16.2. The smallest absolute Gasteiger partial charge is 0.254 e. The summed E-state index contributed by atoms with van der Waals surface area (Å²) in [5.74, 6) is 0.542. The molecule has 156 valence electrons. The summed E-state index contributed by atoms with van der Waals surface area (Å²) in [5, 5.41) is 5.61. The largest absolute Gasteiger partial charge is 0.338 e. The Hall–Kier alpha value is -2.76. The van der Waals surface area contributed by atoms with Crippen LogP contribution in [0.15, 0.2) is 30.3 Å². The molecule has 5 nitrogen and oxygen atoms in total. The fourth-order valence-corrected chi connectivity index (χ4v) is 4.52. The Bertz CT molecular complexity index is 1120. The first-order valence-corrected chi connectivity index (χ1v) is 11.0. The molecule has 1 unspecified atom stereocenters. The quantitative estimate of drug-likeness (QED) is 0.621. The van der Waals surface area contributed by atoms with E-state index < -0.39 is 0 Å². The Kier molecular flexibility index (Phi) is 4.80. The van der Waals surface area contributed by atoms with Crippen molar-refractivity contribution in [3.63, 3.8) is 0 Å². The van der Waals surface area contributed by atoms with Crippen LogP contribution in [0.4, 0.5) is 4.39 Å². The summed E-state index contributed by atoms with van der Waals surface area (Å²) >= 11 is 0. The molecular weight excluding hydrogens is 379 g/mol. The second-order valence-electron chi connectivity index (χ2n) is 8.73. The third kappa shape index (κ3) is 3.28. The van der Waals surface area contributed by atoms with Crippen molar-refractivity contribution in [3.05, 3.63) is 53.1 Å². The number of carbonyl (C=O) groups is 1. The van der Waals surface area contributed by atoms with E-state index in [4.69, 9.17) is 10.1 Å². The number of para-hydroxylation sites is 1. The molecule has 6 heteroatoms. The van der Waals surface area contributed by atoms with Crippen molar-refractivity contribution < 1.29 is 9.18 Å². The van der Waals surface area contributed by atoms with Gasteiger partial charge in [0, 0.05) is 24.7 Å². The molecule has 1 aliphatic heterocycles. The molecule has 0 spiro atoms. The van der Waals surface area contributed by atoms with E-state index in [1.54, 1.807) is 22.9 Å². The summed E-state index contributed by atoms with van der Waals surface area (Å²) in [6.45, 7) is 5.79. The Morgan fingerprint density at radius 2 is 2.03 bits per heavy atom. The number of hydrogen-bond acceptors (Lipinski definition) is 3. The highest BCUT2D eigenvalue weighted by molar-refractivity contribution is 6.07. The first kappa shape index (κ1) is 19.2. The van der Waals surface area contributed by atoms with E-state index in [-0.39, 0.29) is 11.7 Å². The summed E-state index contributed by atoms with van der Waals surface area (Å²) in [5.41, 5.74) is 3.36. The van der Waals surface area contributed by atoms with E-state index >= 15 is 0 Å². The monoisotopic (exact) mass is 406 g/mol. The van der Waals surface area contributed by atoms with Crippen molar-refractivity contribution >= 4 is 16.9 Å². The molecule has 0 bridgehead atoms. The van der Waals surface area contributed by atoms with Gasteiger partial charge in [-0.15, -0.1) is 0 Å². The van der Waals surface area contributed by atoms with E-state index in [0.717, 1.165) is 55.5 Å². The van der Waals surface area contributed by atoms with Crippen molar-refractivity contribution in [1.82, 2.24) is 19.7 Å². The SMILES string of the molecule is CCc1cc(C(=O)N2CCCC(C)C2)c2c(C3CC3)nn(-c3ccccc3F)c2n1. The molecule has 1 saturated carbocycles. The molecule has 0 radical (unpaired) electrons. The highest BCUT2D eigenvalue weighted by Gasteiger charge is 2.34. The average Bonchev–Trinajstić information content (AvgIpc) is 3.53. The summed E-state index contributed by atoms with van der Waals surface area (Å²) in [7, 11) is 0. The second kappa shape index (κ2) is 7.49. The zero-order valence-corrected chi connectivity index (χ0v) is 17.6. The van der Waals surface area contributed by atoms with Crippen molar-refractivity contribution in [2.75, 3.05) is 13.1 Å². The Morgan fingerprint density at radius 1 is 1.23 bits per heavy atom. The predicted octanol–water partition coefficient (Wildman–Crippen LogP) is 4.87. The minimum Gasteiger partial charge on any atom is -0.338 e. The van der Waals surface area contributed by atoms with E-state index in [9.17, 15) is 9.18 Å². The van der Waals surface area contributed by atoms with Gasteiger partial charge >= 0.3 is 0 Å². The zero-order valence-electron chi connectivity index (χ0n) is 17.6. The molecule has 1 atom stereocenters. The van der Waals surface area contributed by atoms with Crippen LogP contribution < -0.4 is 0 Å². The number of piperidine rings is 1. The normalized spacial score (nSPS) is 19.4. The average molecular weight is 407 g/mol. The van der Waals surface area contributed by atoms with Gasteiger partial charge in [0.05, 0.1) is 16.6 Å². The third-order valence-corrected chi connectivity index (χ3v) is 6.30. The fraction of sp³-hybridized carbons (Fsp3) is 0.458. The number of pyridine rings is 1. The van der Waals surface area contributed by atoms with Gasteiger partial charge in [-0.1, -0.05) is 26.0 Å². The molecular formula is C24H27FN4O. The Labute approximate surface area is 175 Å². The van der Waals surface area contributed by atoms with Gasteiger partial charge in [-0.25, -0.2) is 14.1 Å². The Balaban J connectivity index is 1.73. The van der Waals surface area contributed by atoms with Gasteiger partial charge in [-0.3, -0.25) is 4.79 Å². The van der Waals surface area contributed by atoms with E-state index in [1.165, 1.54) is 6.07 Å². The number of nitrogens with zero attached hydrogens (tertiary/aromatic N) is 4. The first-order chi connectivity index (χ1) is 14.6. The van der Waals surface area contributed by atoms with Crippen LogP contribution in [0.3, 0.4) is 0 Å². The number of carbonyl (C=O) groups excluding carboxylic acids is 1. The van der Waals surface area contributed by atoms with Gasteiger partial charge in [0.25, 0.3) is 5.91 Å². The third-order valence-electron chi connectivity index (χ3n) is 6.30. The number of hydrogen-bond donors (Lipinski definition) is 0. The lowest BCUT2D eigenvalue weighted by Crippen LogP contribution is -2.39. The molecule has 1 amide bonds. The number of benzene rings is 1. The topological polar surface area (TPSA) is 51.0 Å². The standard InChI is InChI=1S/C24H27FN4O/c1-3-17-13-18(24(30)28-12-6-7-15(2)14-28)21-22(16-10-11-16)27-29(23(21)26-17)20-9-5-4-8-19(20)25/h4-5,8-9,13,15-16H,3,6-7,10-12,14H2,1-2H3. The van der Waals surface area contributed by atoms with E-state index in [0.29, 0.717) is 35.2 Å². The zero-order chi connectivity index (χ0) is 20.8. The van der Waals surface area contributed by atoms with Crippen LogP contribution in [0.2, 0.25) is 0 Å². The highest BCUT2D eigenvalue weighted by Crippen LogP contribution is 2.44. The van der Waals surface area contributed by atoms with Crippen molar-refractivity contribution in [3.8, 4) is 5.69 Å². The minimum absolute atomic E-state index is 0.0543. The predicted molar refractivity (Wildman–Crippen MR) is 114 cm³/mol. The summed E-state index contributed by atoms with van der Waals surface area (Å²) in [6, 6.07) is 8.55. The summed E-state index contributed by atoms with van der Waals surface area (Å²) in [4.78, 5) is 20.4. The van der Waals surface area contributed by atoms with E-state index in [1.807, 2.05) is 17.9 Å². The number of aromatic nitrogens is 3. The lowest BCUT2D eigenvalue weighted by atomic mass is 9.98. The molecule has 2 fully saturated rings. The molecule has 0 N–H and O–H groups in total. The maximum Gasteiger partial charge on any atom is 0.254 e. The van der Waals surface area contributed by atoms with Gasteiger partial charge in [0.15, 0.2) is 5.65 Å². The molecule has 30 heavy (non-hydrogen) atoms. The molecule has 3 aromatic rings. The number of aryl methyl sites for hydroxylation is 1. The van der Waals surface area contributed by atoms with Crippen LogP contribution >= 0.6 is 0 Å². The van der Waals surface area contributed by atoms with Gasteiger partial charge in [0.2, 0.25) is 0 Å². The second-order valence-corrected chi connectivity index (χ2v) is 8.73. The molecule has 1 aliphatic carbocycles. The van der Waals surface area contributed by atoms with Crippen LogP contribution in [0.5, 0.6) is 0 Å². The lowest BCUT2D eigenvalue weighted by molar-refractivity contribution is 0.0685. The van der Waals surface area contributed by atoms with Crippen molar-refractivity contribution in [2.24, 2.45) is 5.92 Å². The molecule has 1 aromatic carbocycles. The Morgan fingerprint density at radius 3 is 2.73 bits per heavy atom. The van der Waals surface area contributed by atoms with Crippen molar-refractivity contribution in [1.29, 1.82) is 0 Å². The lowest BCUT2D eigenvalue weighted by Gasteiger charge is -2.31. The number of rotatable bonds is 4. The van der Waals surface area contributed by atoms with E-state index in [2.05, 4.69) is 6.92 Å². The molecule has 3 heterocycles. The van der Waals surface area contributed by atoms with Gasteiger partial charge < -0.3 is 4.90 Å². The number of likely N-dealkylation sites (tertiary alicyclic amines) is 1. The van der Waals surface area contributed by atoms with Crippen LogP contribution in [0, 0.1) is 11.7 Å².